The van der Waals surface area contributed by atoms with Gasteiger partial charge in [-0.3, -0.25) is 5.32 Å². The lowest BCUT2D eigenvalue weighted by molar-refractivity contribution is 0.0636. The van der Waals surface area contributed by atoms with Gasteiger partial charge in [-0.05, 0) is 38.5 Å². The van der Waals surface area contributed by atoms with Gasteiger partial charge in [0.25, 0.3) is 0 Å². The maximum absolute atomic E-state index is 13.9. The summed E-state index contributed by atoms with van der Waals surface area (Å²) < 4.78 is 19.0. The van der Waals surface area contributed by atoms with Crippen LogP contribution in [0.5, 0.6) is 0 Å². The largest absolute Gasteiger partial charge is 0.444 e. The maximum Gasteiger partial charge on any atom is 0.412 e. The van der Waals surface area contributed by atoms with Gasteiger partial charge in [-0.1, -0.05) is 6.07 Å². The Bertz CT molecular complexity index is 468. The molecule has 112 valence electrons. The molecule has 0 spiro atoms. The summed E-state index contributed by atoms with van der Waals surface area (Å²) in [6.07, 6.45) is -0.651. The number of aliphatic hydroxyl groups excluding tert-OH is 1. The number of aliphatic hydroxyl groups is 1. The fourth-order valence-corrected chi connectivity index (χ4v) is 1.66. The van der Waals surface area contributed by atoms with Crippen LogP contribution in [0.4, 0.5) is 14.9 Å². The second kappa shape index (κ2) is 6.67. The van der Waals surface area contributed by atoms with E-state index in [2.05, 4.69) is 5.32 Å². The van der Waals surface area contributed by atoms with E-state index < -0.39 is 23.4 Å². The van der Waals surface area contributed by atoms with Crippen LogP contribution >= 0.6 is 0 Å². The van der Waals surface area contributed by atoms with E-state index in [1.807, 2.05) is 0 Å². The lowest BCUT2D eigenvalue weighted by Crippen LogP contribution is -2.27. The van der Waals surface area contributed by atoms with Gasteiger partial charge >= 0.3 is 6.09 Å². The molecule has 6 heteroatoms. The zero-order valence-electron chi connectivity index (χ0n) is 11.9. The first-order valence-corrected chi connectivity index (χ1v) is 6.37. The molecule has 0 aliphatic carbocycles. The Morgan fingerprint density at radius 2 is 2.15 bits per heavy atom. The zero-order chi connectivity index (χ0) is 15.3. The van der Waals surface area contributed by atoms with Gasteiger partial charge in [0, 0.05) is 18.2 Å². The highest BCUT2D eigenvalue weighted by atomic mass is 19.1. The minimum Gasteiger partial charge on any atom is -0.444 e. The van der Waals surface area contributed by atoms with Crippen molar-refractivity contribution in [3.05, 3.63) is 29.6 Å². The highest BCUT2D eigenvalue weighted by molar-refractivity contribution is 5.84. The van der Waals surface area contributed by atoms with E-state index in [4.69, 9.17) is 15.6 Å². The minimum absolute atomic E-state index is 0.145. The Kier molecular flexibility index (Phi) is 5.47. The number of benzene rings is 1. The first kappa shape index (κ1) is 16.4. The van der Waals surface area contributed by atoms with Gasteiger partial charge in [0.05, 0.1) is 6.61 Å². The highest BCUT2D eigenvalue weighted by Crippen LogP contribution is 2.22. The summed E-state index contributed by atoms with van der Waals surface area (Å²) >= 11 is 0. The van der Waals surface area contributed by atoms with Crippen molar-refractivity contribution in [2.24, 2.45) is 5.73 Å². The predicted octanol–water partition coefficient (Wildman–Crippen LogP) is 2.21. The Morgan fingerprint density at radius 1 is 1.50 bits per heavy atom. The molecule has 20 heavy (non-hydrogen) atoms. The summed E-state index contributed by atoms with van der Waals surface area (Å²) in [4.78, 5) is 11.6. The number of halogens is 1. The zero-order valence-corrected chi connectivity index (χ0v) is 11.9. The van der Waals surface area contributed by atoms with Crippen LogP contribution in [-0.4, -0.2) is 30.0 Å². The third-order valence-electron chi connectivity index (χ3n) is 2.59. The van der Waals surface area contributed by atoms with Crippen molar-refractivity contribution in [3.8, 4) is 0 Å². The summed E-state index contributed by atoms with van der Waals surface area (Å²) in [7, 11) is 0. The number of carbonyl (C=O) groups excluding carboxylic acids is 1. The standard InChI is InChI=1S/C14H21FN2O3/c1-14(2,3)20-13(19)17-10-4-5-11(12(15)6-10)9(7-16)8-18/h4-6,9,18H,7-8,16H2,1-3H3,(H,17,19). The molecule has 0 saturated carbocycles. The van der Waals surface area contributed by atoms with Crippen molar-refractivity contribution in [2.45, 2.75) is 32.3 Å². The third kappa shape index (κ3) is 4.79. The van der Waals surface area contributed by atoms with E-state index in [0.717, 1.165) is 0 Å². The summed E-state index contributed by atoms with van der Waals surface area (Å²) in [5, 5.41) is 11.6. The van der Waals surface area contributed by atoms with Crippen molar-refractivity contribution in [1.29, 1.82) is 0 Å². The normalized spacial score (nSPS) is 12.9. The molecule has 0 bridgehead atoms. The number of hydrogen-bond donors (Lipinski definition) is 3. The van der Waals surface area contributed by atoms with Crippen molar-refractivity contribution in [1.82, 2.24) is 0 Å². The van der Waals surface area contributed by atoms with Crippen LogP contribution in [-0.2, 0) is 4.74 Å². The molecule has 1 atom stereocenters. The summed E-state index contributed by atoms with van der Waals surface area (Å²) in [5.41, 5.74) is 5.45. The van der Waals surface area contributed by atoms with E-state index in [-0.39, 0.29) is 18.8 Å². The van der Waals surface area contributed by atoms with Gasteiger partial charge in [0.15, 0.2) is 0 Å². The van der Waals surface area contributed by atoms with Crippen molar-refractivity contribution >= 4 is 11.8 Å². The Labute approximate surface area is 117 Å². The van der Waals surface area contributed by atoms with Gasteiger partial charge < -0.3 is 15.6 Å². The summed E-state index contributed by atoms with van der Waals surface area (Å²) in [6.45, 7) is 5.13. The van der Waals surface area contributed by atoms with E-state index in [9.17, 15) is 9.18 Å². The molecule has 0 radical (unpaired) electrons. The van der Waals surface area contributed by atoms with Gasteiger partial charge in [0.2, 0.25) is 0 Å². The molecule has 5 nitrogen and oxygen atoms in total. The second-order valence-electron chi connectivity index (χ2n) is 5.48. The third-order valence-corrected chi connectivity index (χ3v) is 2.59. The number of rotatable bonds is 4. The van der Waals surface area contributed by atoms with Crippen molar-refractivity contribution in [2.75, 3.05) is 18.5 Å². The number of carbonyl (C=O) groups is 1. The fraction of sp³-hybridized carbons (Fsp3) is 0.500. The van der Waals surface area contributed by atoms with E-state index in [1.165, 1.54) is 12.1 Å². The van der Waals surface area contributed by atoms with Gasteiger partial charge in [-0.25, -0.2) is 9.18 Å². The highest BCUT2D eigenvalue weighted by Gasteiger charge is 2.18. The quantitative estimate of drug-likeness (QED) is 0.791. The number of nitrogens with two attached hydrogens (primary N) is 1. The molecule has 1 unspecified atom stereocenters. The Morgan fingerprint density at radius 3 is 2.60 bits per heavy atom. The lowest BCUT2D eigenvalue weighted by Gasteiger charge is -2.20. The van der Waals surface area contributed by atoms with Gasteiger partial charge in [0.1, 0.15) is 11.4 Å². The minimum atomic E-state index is -0.651. The molecular formula is C14H21FN2O3. The molecule has 0 fully saturated rings. The number of nitrogens with one attached hydrogen (secondary N) is 1. The topological polar surface area (TPSA) is 84.6 Å². The molecule has 0 saturated heterocycles. The maximum atomic E-state index is 13.9. The molecule has 1 aromatic carbocycles. The van der Waals surface area contributed by atoms with Crippen molar-refractivity contribution < 1.29 is 19.0 Å². The Hall–Kier alpha value is -1.66. The molecule has 0 aliphatic rings. The fourth-order valence-electron chi connectivity index (χ4n) is 1.66. The first-order chi connectivity index (χ1) is 9.26. The van der Waals surface area contributed by atoms with Crippen LogP contribution in [0.2, 0.25) is 0 Å². The van der Waals surface area contributed by atoms with E-state index >= 15 is 0 Å². The molecule has 1 rings (SSSR count). The molecule has 4 N–H and O–H groups in total. The second-order valence-corrected chi connectivity index (χ2v) is 5.48. The molecule has 0 aliphatic heterocycles. The molecule has 1 aromatic rings. The van der Waals surface area contributed by atoms with Gasteiger partial charge in [-0.2, -0.15) is 0 Å². The molecule has 0 aromatic heterocycles. The molecule has 0 heterocycles. The predicted molar refractivity (Wildman–Crippen MR) is 75.1 cm³/mol. The lowest BCUT2D eigenvalue weighted by atomic mass is 9.99. The van der Waals surface area contributed by atoms with Gasteiger partial charge in [-0.15, -0.1) is 0 Å². The average Bonchev–Trinajstić information content (AvgIpc) is 2.30. The first-order valence-electron chi connectivity index (χ1n) is 6.37. The number of ether oxygens (including phenoxy) is 1. The molecular weight excluding hydrogens is 263 g/mol. The summed E-state index contributed by atoms with van der Waals surface area (Å²) in [5.74, 6) is -0.978. The van der Waals surface area contributed by atoms with Crippen LogP contribution in [0.3, 0.4) is 0 Å². The smallest absolute Gasteiger partial charge is 0.412 e. The van der Waals surface area contributed by atoms with Crippen LogP contribution in [0, 0.1) is 5.82 Å². The van der Waals surface area contributed by atoms with Crippen LogP contribution in [0.25, 0.3) is 0 Å². The van der Waals surface area contributed by atoms with Crippen LogP contribution < -0.4 is 11.1 Å². The van der Waals surface area contributed by atoms with Crippen LogP contribution in [0.15, 0.2) is 18.2 Å². The average molecular weight is 284 g/mol. The van der Waals surface area contributed by atoms with Crippen molar-refractivity contribution in [3.63, 3.8) is 0 Å². The molecule has 1 amide bonds. The summed E-state index contributed by atoms with van der Waals surface area (Å²) in [6, 6.07) is 4.22. The number of anilines is 1. The number of hydrogen-bond acceptors (Lipinski definition) is 4. The monoisotopic (exact) mass is 284 g/mol. The Balaban J connectivity index is 2.80. The van der Waals surface area contributed by atoms with E-state index in [0.29, 0.717) is 5.56 Å². The number of amides is 1. The van der Waals surface area contributed by atoms with E-state index in [1.54, 1.807) is 26.8 Å². The van der Waals surface area contributed by atoms with Crippen LogP contribution in [0.1, 0.15) is 32.3 Å². The SMILES string of the molecule is CC(C)(C)OC(=O)Nc1ccc(C(CN)CO)c(F)c1.